The summed E-state index contributed by atoms with van der Waals surface area (Å²) in [5, 5.41) is 0. The minimum absolute atomic E-state index is 0.00863. The van der Waals surface area contributed by atoms with Crippen molar-refractivity contribution in [1.29, 1.82) is 0 Å². The van der Waals surface area contributed by atoms with Gasteiger partial charge in [-0.15, -0.1) is 0 Å². The van der Waals surface area contributed by atoms with Crippen molar-refractivity contribution in [3.63, 3.8) is 0 Å². The minimum Gasteiger partial charge on any atom is -0.549 e. The standard InChI is InChI=1S/C32H46BNO3/c1-4-7-10-11-18-23-30(37-33(24-8-5-2)25-9-6-3)34-29(26-36-32(34)35)31(27-19-14-12-15-20-27)28-21-16-13-17-22-28/h12-17,19-23,29,31H,4-11,18,24-26H2,1-3H3/b30-23-/t29-/m0/s1. The summed E-state index contributed by atoms with van der Waals surface area (Å²) in [4.78, 5) is 15.1. The number of allylic oxidation sites excluding steroid dienone is 1. The van der Waals surface area contributed by atoms with Gasteiger partial charge in [-0.25, -0.2) is 9.69 Å². The highest BCUT2D eigenvalue weighted by atomic mass is 16.6. The third-order valence-electron chi connectivity index (χ3n) is 7.27. The molecule has 0 radical (unpaired) electrons. The lowest BCUT2D eigenvalue weighted by atomic mass is 9.59. The van der Waals surface area contributed by atoms with E-state index < -0.39 is 0 Å². The molecule has 0 unspecified atom stereocenters. The van der Waals surface area contributed by atoms with Gasteiger partial charge < -0.3 is 9.39 Å². The maximum atomic E-state index is 13.3. The van der Waals surface area contributed by atoms with Gasteiger partial charge in [-0.05, 0) is 42.7 Å². The highest BCUT2D eigenvalue weighted by Gasteiger charge is 2.43. The summed E-state index contributed by atoms with van der Waals surface area (Å²) < 4.78 is 12.5. The van der Waals surface area contributed by atoms with Crippen molar-refractivity contribution in [3.05, 3.63) is 83.7 Å². The van der Waals surface area contributed by atoms with E-state index in [1.165, 1.54) is 30.4 Å². The smallest absolute Gasteiger partial charge is 0.417 e. The molecule has 1 heterocycles. The van der Waals surface area contributed by atoms with Crippen LogP contribution in [-0.4, -0.2) is 30.6 Å². The normalized spacial score (nSPS) is 15.8. The fourth-order valence-corrected chi connectivity index (χ4v) is 5.19. The Morgan fingerprint density at radius 2 is 1.46 bits per heavy atom. The average molecular weight is 504 g/mol. The molecule has 1 aliphatic heterocycles. The third kappa shape index (κ3) is 8.69. The first-order chi connectivity index (χ1) is 18.2. The minimum atomic E-state index is -0.300. The van der Waals surface area contributed by atoms with E-state index in [0.29, 0.717) is 12.5 Å². The van der Waals surface area contributed by atoms with Crippen LogP contribution >= 0.6 is 0 Å². The largest absolute Gasteiger partial charge is 0.549 e. The van der Waals surface area contributed by atoms with Gasteiger partial charge in [-0.2, -0.15) is 0 Å². The van der Waals surface area contributed by atoms with E-state index in [1.807, 2.05) is 17.0 Å². The molecule has 1 aliphatic rings. The van der Waals surface area contributed by atoms with Crippen LogP contribution in [0.3, 0.4) is 0 Å². The van der Waals surface area contributed by atoms with Crippen LogP contribution in [0.25, 0.3) is 0 Å². The lowest BCUT2D eigenvalue weighted by Crippen LogP contribution is -2.40. The number of carbonyl (C=O) groups excluding carboxylic acids is 1. The van der Waals surface area contributed by atoms with Crippen molar-refractivity contribution in [2.75, 3.05) is 6.61 Å². The van der Waals surface area contributed by atoms with E-state index in [4.69, 9.17) is 9.39 Å². The highest BCUT2D eigenvalue weighted by molar-refractivity contribution is 6.52. The Balaban J connectivity index is 1.95. The van der Waals surface area contributed by atoms with Crippen LogP contribution in [0.5, 0.6) is 0 Å². The van der Waals surface area contributed by atoms with Gasteiger partial charge in [0.1, 0.15) is 6.61 Å². The summed E-state index contributed by atoms with van der Waals surface area (Å²) in [6.07, 6.45) is 14.1. The number of rotatable bonds is 17. The molecule has 200 valence electrons. The molecule has 37 heavy (non-hydrogen) atoms. The predicted molar refractivity (Wildman–Crippen MR) is 155 cm³/mol. The lowest BCUT2D eigenvalue weighted by Gasteiger charge is -2.32. The molecule has 4 nitrogen and oxygen atoms in total. The van der Waals surface area contributed by atoms with Crippen LogP contribution < -0.4 is 0 Å². The first-order valence-electron chi connectivity index (χ1n) is 14.6. The SMILES string of the molecule is CCCCCC/C=C(\OB(CCCC)CCCC)N1C(=O)OC[C@H]1C(c1ccccc1)c1ccccc1. The molecule has 0 aromatic heterocycles. The summed E-state index contributed by atoms with van der Waals surface area (Å²) in [6.45, 7) is 7.13. The number of unbranched alkanes of at least 4 members (excludes halogenated alkanes) is 6. The van der Waals surface area contributed by atoms with Crippen molar-refractivity contribution in [2.24, 2.45) is 0 Å². The number of ether oxygens (including phenoxy) is 1. The van der Waals surface area contributed by atoms with E-state index >= 15 is 0 Å². The molecule has 0 saturated carbocycles. The molecular formula is C32H46BNO3. The van der Waals surface area contributed by atoms with Crippen LogP contribution in [0.4, 0.5) is 4.79 Å². The lowest BCUT2D eigenvalue weighted by molar-refractivity contribution is 0.151. The summed E-state index contributed by atoms with van der Waals surface area (Å²) in [7, 11) is 0. The molecule has 1 fully saturated rings. The molecule has 2 aromatic carbocycles. The van der Waals surface area contributed by atoms with Crippen LogP contribution in [0, 0.1) is 0 Å². The molecule has 0 N–H and O–H groups in total. The number of hydrogen-bond donors (Lipinski definition) is 0. The number of carbonyl (C=O) groups is 1. The molecule has 0 bridgehead atoms. The molecule has 1 amide bonds. The maximum Gasteiger partial charge on any atom is 0.417 e. The van der Waals surface area contributed by atoms with E-state index in [0.717, 1.165) is 51.2 Å². The molecule has 1 atom stereocenters. The fourth-order valence-electron chi connectivity index (χ4n) is 5.19. The second-order valence-corrected chi connectivity index (χ2v) is 10.2. The van der Waals surface area contributed by atoms with E-state index in [2.05, 4.69) is 75.4 Å². The zero-order valence-corrected chi connectivity index (χ0v) is 23.2. The Morgan fingerprint density at radius 3 is 2.00 bits per heavy atom. The van der Waals surface area contributed by atoms with Gasteiger partial charge in [0, 0.05) is 5.92 Å². The summed E-state index contributed by atoms with van der Waals surface area (Å²) in [5.41, 5.74) is 2.36. The van der Waals surface area contributed by atoms with Crippen LogP contribution in [0.15, 0.2) is 72.6 Å². The Hall–Kier alpha value is -2.69. The van der Waals surface area contributed by atoms with Crippen molar-refractivity contribution in [2.45, 2.75) is 103 Å². The number of amides is 1. The van der Waals surface area contributed by atoms with E-state index in [-0.39, 0.29) is 25.0 Å². The topological polar surface area (TPSA) is 38.8 Å². The summed E-state index contributed by atoms with van der Waals surface area (Å²) in [5.74, 6) is 0.684. The highest BCUT2D eigenvalue weighted by Crippen LogP contribution is 2.37. The van der Waals surface area contributed by atoms with Gasteiger partial charge in [-0.1, -0.05) is 126 Å². The van der Waals surface area contributed by atoms with Gasteiger partial charge in [-0.3, -0.25) is 0 Å². The zero-order valence-electron chi connectivity index (χ0n) is 23.2. The second kappa shape index (κ2) is 16.2. The van der Waals surface area contributed by atoms with Crippen molar-refractivity contribution in [1.82, 2.24) is 4.90 Å². The average Bonchev–Trinajstić information content (AvgIpc) is 3.31. The molecule has 0 spiro atoms. The van der Waals surface area contributed by atoms with Crippen molar-refractivity contribution >= 4 is 13.0 Å². The first-order valence-corrected chi connectivity index (χ1v) is 14.6. The van der Waals surface area contributed by atoms with Crippen molar-refractivity contribution < 1.29 is 14.2 Å². The monoisotopic (exact) mass is 503 g/mol. The van der Waals surface area contributed by atoms with Gasteiger partial charge in [0.2, 0.25) is 0 Å². The Kier molecular flexibility index (Phi) is 12.7. The molecule has 0 aliphatic carbocycles. The summed E-state index contributed by atoms with van der Waals surface area (Å²) in [6, 6.07) is 20.8. The quantitative estimate of drug-likeness (QED) is 0.123. The fraction of sp³-hybridized carbons (Fsp3) is 0.531. The first kappa shape index (κ1) is 28.9. The maximum absolute atomic E-state index is 13.3. The molecule has 3 rings (SSSR count). The van der Waals surface area contributed by atoms with Crippen LogP contribution in [0.2, 0.25) is 12.6 Å². The zero-order chi connectivity index (χ0) is 26.3. The third-order valence-corrected chi connectivity index (χ3v) is 7.27. The predicted octanol–water partition coefficient (Wildman–Crippen LogP) is 9.06. The van der Waals surface area contributed by atoms with Gasteiger partial charge >= 0.3 is 13.0 Å². The number of nitrogens with zero attached hydrogens (tertiary/aromatic N) is 1. The second-order valence-electron chi connectivity index (χ2n) is 10.2. The number of cyclic esters (lactones) is 1. The van der Waals surface area contributed by atoms with Crippen molar-refractivity contribution in [3.8, 4) is 0 Å². The van der Waals surface area contributed by atoms with E-state index in [1.54, 1.807) is 0 Å². The molecule has 1 saturated heterocycles. The Labute approximate surface area is 225 Å². The molecular weight excluding hydrogens is 457 g/mol. The summed E-state index contributed by atoms with van der Waals surface area (Å²) >= 11 is 0. The number of hydrogen-bond acceptors (Lipinski definition) is 3. The molecule has 2 aromatic rings. The van der Waals surface area contributed by atoms with Gasteiger partial charge in [0.05, 0.1) is 6.04 Å². The number of benzene rings is 2. The van der Waals surface area contributed by atoms with E-state index in [9.17, 15) is 4.79 Å². The van der Waals surface area contributed by atoms with Crippen LogP contribution in [-0.2, 0) is 9.39 Å². The van der Waals surface area contributed by atoms with Gasteiger partial charge in [0.25, 0.3) is 0 Å². The van der Waals surface area contributed by atoms with Crippen LogP contribution in [0.1, 0.15) is 95.6 Å². The van der Waals surface area contributed by atoms with Gasteiger partial charge in [0.15, 0.2) is 5.88 Å². The Morgan fingerprint density at radius 1 is 0.892 bits per heavy atom. The molecule has 5 heteroatoms. The Bertz CT molecular complexity index is 886.